The van der Waals surface area contributed by atoms with Gasteiger partial charge in [0.1, 0.15) is 0 Å². The number of aryl methyl sites for hydroxylation is 2. The van der Waals surface area contributed by atoms with E-state index in [0.717, 1.165) is 29.8 Å². The monoisotopic (exact) mass is 349 g/mol. The molecule has 3 aromatic rings. The summed E-state index contributed by atoms with van der Waals surface area (Å²) in [5.74, 6) is 0.688. The summed E-state index contributed by atoms with van der Waals surface area (Å²) >= 11 is 0. The fraction of sp³-hybridized carbons (Fsp3) is 0.318. The molecule has 1 aromatic heterocycles. The Bertz CT molecular complexity index is 833. The van der Waals surface area contributed by atoms with Crippen molar-refractivity contribution < 1.29 is 4.74 Å². The highest BCUT2D eigenvalue weighted by molar-refractivity contribution is 5.68. The lowest BCUT2D eigenvalue weighted by Gasteiger charge is -2.10. The molecule has 3 rings (SSSR count). The second kappa shape index (κ2) is 8.19. The van der Waals surface area contributed by atoms with Gasteiger partial charge in [-0.3, -0.25) is 0 Å². The summed E-state index contributed by atoms with van der Waals surface area (Å²) in [6.45, 7) is 5.84. The van der Waals surface area contributed by atoms with Gasteiger partial charge in [-0.1, -0.05) is 47.5 Å². The standard InChI is InChI=1S/C22H27N3O/c1-17-6-10-19(11-7-17)21-16-25(20-12-8-18(2)9-13-20)23-22(21)26-15-5-14-24(3)4/h6-13,16H,5,14-15H2,1-4H3. The Balaban J connectivity index is 1.89. The van der Waals surface area contributed by atoms with Gasteiger partial charge < -0.3 is 9.64 Å². The van der Waals surface area contributed by atoms with Crippen molar-refractivity contribution in [1.29, 1.82) is 0 Å². The van der Waals surface area contributed by atoms with Gasteiger partial charge in [0.25, 0.3) is 0 Å². The molecule has 0 atom stereocenters. The summed E-state index contributed by atoms with van der Waals surface area (Å²) < 4.78 is 7.94. The number of hydrogen-bond acceptors (Lipinski definition) is 3. The molecule has 0 fully saturated rings. The van der Waals surface area contributed by atoms with Crippen LogP contribution in [0.2, 0.25) is 0 Å². The van der Waals surface area contributed by atoms with Gasteiger partial charge in [0, 0.05) is 12.7 Å². The van der Waals surface area contributed by atoms with Gasteiger partial charge in [-0.15, -0.1) is 5.10 Å². The Labute approximate surface area is 156 Å². The zero-order valence-corrected chi connectivity index (χ0v) is 16.1. The predicted octanol–water partition coefficient (Wildman–Crippen LogP) is 4.49. The van der Waals surface area contributed by atoms with E-state index < -0.39 is 0 Å². The number of ether oxygens (including phenoxy) is 1. The van der Waals surface area contributed by atoms with E-state index in [2.05, 4.69) is 87.6 Å². The van der Waals surface area contributed by atoms with Crippen LogP contribution in [0, 0.1) is 13.8 Å². The van der Waals surface area contributed by atoms with E-state index in [-0.39, 0.29) is 0 Å². The largest absolute Gasteiger partial charge is 0.476 e. The molecule has 0 saturated carbocycles. The van der Waals surface area contributed by atoms with Crippen molar-refractivity contribution in [2.45, 2.75) is 20.3 Å². The molecule has 0 aliphatic rings. The first-order chi connectivity index (χ1) is 12.5. The Kier molecular flexibility index (Phi) is 5.74. The van der Waals surface area contributed by atoms with Gasteiger partial charge in [0.05, 0.1) is 17.9 Å². The maximum absolute atomic E-state index is 6.04. The lowest BCUT2D eigenvalue weighted by atomic mass is 10.1. The summed E-state index contributed by atoms with van der Waals surface area (Å²) in [5, 5.41) is 4.71. The minimum absolute atomic E-state index is 0.655. The van der Waals surface area contributed by atoms with Gasteiger partial charge in [-0.05, 0) is 52.1 Å². The van der Waals surface area contributed by atoms with Crippen LogP contribution in [0.3, 0.4) is 0 Å². The highest BCUT2D eigenvalue weighted by Gasteiger charge is 2.13. The smallest absolute Gasteiger partial charge is 0.241 e. The maximum atomic E-state index is 6.04. The van der Waals surface area contributed by atoms with E-state index in [1.165, 1.54) is 11.1 Å². The maximum Gasteiger partial charge on any atom is 0.241 e. The third-order valence-corrected chi connectivity index (χ3v) is 4.33. The summed E-state index contributed by atoms with van der Waals surface area (Å²) in [7, 11) is 4.15. The topological polar surface area (TPSA) is 30.3 Å². The van der Waals surface area contributed by atoms with Crippen LogP contribution in [0.1, 0.15) is 17.5 Å². The fourth-order valence-electron chi connectivity index (χ4n) is 2.78. The molecule has 0 N–H and O–H groups in total. The first-order valence-electron chi connectivity index (χ1n) is 9.04. The van der Waals surface area contributed by atoms with Gasteiger partial charge in [0.15, 0.2) is 0 Å². The van der Waals surface area contributed by atoms with Gasteiger partial charge in [0.2, 0.25) is 5.88 Å². The molecule has 0 aliphatic heterocycles. The molecule has 0 saturated heterocycles. The highest BCUT2D eigenvalue weighted by Crippen LogP contribution is 2.30. The Morgan fingerprint density at radius 1 is 0.923 bits per heavy atom. The Morgan fingerprint density at radius 2 is 1.54 bits per heavy atom. The Morgan fingerprint density at radius 3 is 2.15 bits per heavy atom. The molecule has 4 heteroatoms. The summed E-state index contributed by atoms with van der Waals surface area (Å²) in [5.41, 5.74) is 5.66. The molecule has 2 aromatic carbocycles. The van der Waals surface area contributed by atoms with Gasteiger partial charge >= 0.3 is 0 Å². The molecule has 0 amide bonds. The molecular weight excluding hydrogens is 322 g/mol. The Hall–Kier alpha value is -2.59. The SMILES string of the molecule is Cc1ccc(-c2cn(-c3ccc(C)cc3)nc2OCCCN(C)C)cc1. The van der Waals surface area contributed by atoms with Crippen LogP contribution in [0.5, 0.6) is 5.88 Å². The molecular formula is C22H27N3O. The molecule has 0 aliphatic carbocycles. The van der Waals surface area contributed by atoms with Gasteiger partial charge in [-0.25, -0.2) is 4.68 Å². The molecule has 4 nitrogen and oxygen atoms in total. The van der Waals surface area contributed by atoms with Crippen molar-refractivity contribution in [3.63, 3.8) is 0 Å². The second-order valence-corrected chi connectivity index (χ2v) is 7.00. The summed E-state index contributed by atoms with van der Waals surface area (Å²) in [6.07, 6.45) is 3.02. The molecule has 0 bridgehead atoms. The highest BCUT2D eigenvalue weighted by atomic mass is 16.5. The van der Waals surface area contributed by atoms with Crippen LogP contribution in [0.15, 0.2) is 54.7 Å². The lowest BCUT2D eigenvalue weighted by molar-refractivity contribution is 0.273. The number of hydrogen-bond donors (Lipinski definition) is 0. The quantitative estimate of drug-likeness (QED) is 0.589. The van der Waals surface area contributed by atoms with E-state index in [4.69, 9.17) is 9.84 Å². The number of aromatic nitrogens is 2. The molecule has 136 valence electrons. The van der Waals surface area contributed by atoms with Gasteiger partial charge in [-0.2, -0.15) is 0 Å². The van der Waals surface area contributed by atoms with Crippen LogP contribution in [0.4, 0.5) is 0 Å². The summed E-state index contributed by atoms with van der Waals surface area (Å²) in [4.78, 5) is 2.16. The zero-order chi connectivity index (χ0) is 18.5. The number of benzene rings is 2. The molecule has 0 spiro atoms. The van der Waals surface area contributed by atoms with Crippen molar-refractivity contribution >= 4 is 0 Å². The average Bonchev–Trinajstić information content (AvgIpc) is 3.04. The second-order valence-electron chi connectivity index (χ2n) is 7.00. The third-order valence-electron chi connectivity index (χ3n) is 4.33. The van der Waals surface area contributed by atoms with Crippen molar-refractivity contribution in [3.05, 3.63) is 65.9 Å². The predicted molar refractivity (Wildman–Crippen MR) is 107 cm³/mol. The zero-order valence-electron chi connectivity index (χ0n) is 16.1. The lowest BCUT2D eigenvalue weighted by Crippen LogP contribution is -2.15. The van der Waals surface area contributed by atoms with Crippen molar-refractivity contribution in [2.75, 3.05) is 27.2 Å². The van der Waals surface area contributed by atoms with Crippen LogP contribution in [0.25, 0.3) is 16.8 Å². The van der Waals surface area contributed by atoms with Crippen LogP contribution < -0.4 is 4.74 Å². The van der Waals surface area contributed by atoms with E-state index in [9.17, 15) is 0 Å². The van der Waals surface area contributed by atoms with Crippen LogP contribution in [-0.2, 0) is 0 Å². The number of rotatable bonds is 7. The van der Waals surface area contributed by atoms with Crippen molar-refractivity contribution in [2.24, 2.45) is 0 Å². The fourth-order valence-corrected chi connectivity index (χ4v) is 2.78. The minimum atomic E-state index is 0.655. The molecule has 1 heterocycles. The normalized spacial score (nSPS) is 11.1. The molecule has 26 heavy (non-hydrogen) atoms. The first kappa shape index (κ1) is 18.2. The van der Waals surface area contributed by atoms with Crippen molar-refractivity contribution in [3.8, 4) is 22.7 Å². The first-order valence-corrected chi connectivity index (χ1v) is 9.04. The summed E-state index contributed by atoms with van der Waals surface area (Å²) in [6, 6.07) is 16.8. The van der Waals surface area contributed by atoms with E-state index >= 15 is 0 Å². The third kappa shape index (κ3) is 4.52. The molecule has 0 unspecified atom stereocenters. The molecule has 0 radical (unpaired) electrons. The van der Waals surface area contributed by atoms with Crippen LogP contribution in [-0.4, -0.2) is 41.9 Å². The van der Waals surface area contributed by atoms with E-state index in [0.29, 0.717) is 12.5 Å². The minimum Gasteiger partial charge on any atom is -0.476 e. The number of nitrogens with zero attached hydrogens (tertiary/aromatic N) is 3. The van der Waals surface area contributed by atoms with E-state index in [1.54, 1.807) is 0 Å². The van der Waals surface area contributed by atoms with E-state index in [1.807, 2.05) is 4.68 Å². The van der Waals surface area contributed by atoms with Crippen molar-refractivity contribution in [1.82, 2.24) is 14.7 Å². The average molecular weight is 349 g/mol. The van der Waals surface area contributed by atoms with Crippen LogP contribution >= 0.6 is 0 Å².